The molecule has 0 amide bonds. The van der Waals surface area contributed by atoms with Crippen LogP contribution in [0, 0.1) is 23.2 Å². The van der Waals surface area contributed by atoms with E-state index in [0.29, 0.717) is 30.5 Å². The molecule has 4 aliphatic rings. The molecule has 0 spiro atoms. The van der Waals surface area contributed by atoms with Crippen LogP contribution in [0.1, 0.15) is 45.4 Å². The van der Waals surface area contributed by atoms with E-state index in [2.05, 4.69) is 6.92 Å². The molecule has 2 fully saturated rings. The van der Waals surface area contributed by atoms with Crippen LogP contribution >= 0.6 is 0 Å². The van der Waals surface area contributed by atoms with Gasteiger partial charge in [0.2, 0.25) is 0 Å². The molecule has 0 unspecified atom stereocenters. The maximum absolute atomic E-state index is 12.3. The monoisotopic (exact) mass is 284 g/mol. The number of rotatable bonds is 0. The Morgan fingerprint density at radius 2 is 1.76 bits per heavy atom. The highest BCUT2D eigenvalue weighted by atomic mass is 16.1. The average molecular weight is 284 g/mol. The topological polar surface area (TPSA) is 51.2 Å². The molecule has 2 saturated carbocycles. The van der Waals surface area contributed by atoms with Gasteiger partial charge in [-0.25, -0.2) is 0 Å². The summed E-state index contributed by atoms with van der Waals surface area (Å²) in [6, 6.07) is 0. The first kappa shape index (κ1) is 13.2. The smallest absolute Gasteiger partial charge is 0.182 e. The van der Waals surface area contributed by atoms with Crippen LogP contribution in [-0.2, 0) is 14.4 Å². The standard InChI is InChI=1S/C18H20O3/c1-18-9-8-11-10(13(18)4-7-16(18)21)2-3-12-14(19)5-6-15(20)17(11)12/h5-6,10-11,13H,2-4,7-9H2,1H3/t10-,11+,13+,18+/m1/s1. The van der Waals surface area contributed by atoms with Crippen LogP contribution in [0.25, 0.3) is 0 Å². The van der Waals surface area contributed by atoms with Crippen molar-refractivity contribution in [1.82, 2.24) is 0 Å². The number of hydrogen-bond acceptors (Lipinski definition) is 3. The second-order valence-electron chi connectivity index (χ2n) is 7.29. The largest absolute Gasteiger partial charge is 0.299 e. The fourth-order valence-electron chi connectivity index (χ4n) is 5.42. The van der Waals surface area contributed by atoms with Gasteiger partial charge in [0.1, 0.15) is 5.78 Å². The van der Waals surface area contributed by atoms with Crippen molar-refractivity contribution in [3.63, 3.8) is 0 Å². The Kier molecular flexibility index (Phi) is 2.66. The number of hydrogen-bond donors (Lipinski definition) is 0. The van der Waals surface area contributed by atoms with E-state index in [-0.39, 0.29) is 22.9 Å². The molecule has 4 atom stereocenters. The predicted molar refractivity (Wildman–Crippen MR) is 77.5 cm³/mol. The van der Waals surface area contributed by atoms with Gasteiger partial charge < -0.3 is 0 Å². The summed E-state index contributed by atoms with van der Waals surface area (Å²) in [5.41, 5.74) is 1.38. The zero-order valence-electron chi connectivity index (χ0n) is 12.4. The summed E-state index contributed by atoms with van der Waals surface area (Å²) < 4.78 is 0. The Labute approximate surface area is 124 Å². The minimum atomic E-state index is -0.170. The minimum absolute atomic E-state index is 0.0267. The van der Waals surface area contributed by atoms with Gasteiger partial charge in [-0.2, -0.15) is 0 Å². The molecule has 0 radical (unpaired) electrons. The lowest BCUT2D eigenvalue weighted by Crippen LogP contribution is -2.45. The molecule has 0 aromatic carbocycles. The van der Waals surface area contributed by atoms with Crippen molar-refractivity contribution in [1.29, 1.82) is 0 Å². The third kappa shape index (κ3) is 1.63. The van der Waals surface area contributed by atoms with E-state index in [1.165, 1.54) is 12.2 Å². The Morgan fingerprint density at radius 3 is 2.57 bits per heavy atom. The number of fused-ring (bicyclic) bond motifs is 4. The summed E-state index contributed by atoms with van der Waals surface area (Å²) in [4.78, 5) is 36.6. The molecular weight excluding hydrogens is 264 g/mol. The molecule has 110 valence electrons. The molecule has 0 heterocycles. The third-order valence-corrected chi connectivity index (χ3v) is 6.52. The Balaban J connectivity index is 1.75. The quantitative estimate of drug-likeness (QED) is 0.643. The Bertz CT molecular complexity index is 624. The van der Waals surface area contributed by atoms with Crippen LogP contribution in [0.3, 0.4) is 0 Å². The van der Waals surface area contributed by atoms with Crippen molar-refractivity contribution < 1.29 is 14.4 Å². The number of allylic oxidation sites excluding steroid dienone is 4. The van der Waals surface area contributed by atoms with Crippen molar-refractivity contribution >= 4 is 17.3 Å². The van der Waals surface area contributed by atoms with E-state index in [1.807, 2.05) is 0 Å². The maximum atomic E-state index is 12.3. The van der Waals surface area contributed by atoms with Crippen molar-refractivity contribution in [2.24, 2.45) is 23.2 Å². The highest BCUT2D eigenvalue weighted by Crippen LogP contribution is 2.59. The summed E-state index contributed by atoms with van der Waals surface area (Å²) in [6.07, 6.45) is 7.97. The molecule has 0 saturated heterocycles. The molecule has 0 N–H and O–H groups in total. The first-order valence-electron chi connectivity index (χ1n) is 8.05. The number of carbonyl (C=O) groups is 3. The lowest BCUT2D eigenvalue weighted by Gasteiger charge is -2.48. The van der Waals surface area contributed by atoms with Crippen LogP contribution in [-0.4, -0.2) is 17.3 Å². The minimum Gasteiger partial charge on any atom is -0.299 e. The fourth-order valence-corrected chi connectivity index (χ4v) is 5.42. The van der Waals surface area contributed by atoms with Gasteiger partial charge in [0.25, 0.3) is 0 Å². The van der Waals surface area contributed by atoms with Crippen molar-refractivity contribution in [3.8, 4) is 0 Å². The molecule has 0 aromatic heterocycles. The average Bonchev–Trinajstić information content (AvgIpc) is 2.78. The van der Waals surface area contributed by atoms with Crippen molar-refractivity contribution in [3.05, 3.63) is 23.3 Å². The molecule has 3 nitrogen and oxygen atoms in total. The van der Waals surface area contributed by atoms with E-state index in [9.17, 15) is 14.4 Å². The number of carbonyl (C=O) groups excluding carboxylic acids is 3. The lowest BCUT2D eigenvalue weighted by molar-refractivity contribution is -0.130. The van der Waals surface area contributed by atoms with Gasteiger partial charge in [-0.3, -0.25) is 14.4 Å². The molecule has 4 aliphatic carbocycles. The second-order valence-corrected chi connectivity index (χ2v) is 7.29. The molecule has 4 rings (SSSR count). The number of ketones is 3. The Hall–Kier alpha value is -1.51. The second kappa shape index (κ2) is 4.25. The fraction of sp³-hybridized carbons (Fsp3) is 0.611. The first-order chi connectivity index (χ1) is 10.0. The van der Waals surface area contributed by atoms with E-state index in [4.69, 9.17) is 0 Å². The third-order valence-electron chi connectivity index (χ3n) is 6.52. The first-order valence-corrected chi connectivity index (χ1v) is 8.05. The van der Waals surface area contributed by atoms with E-state index >= 15 is 0 Å². The molecular formula is C18H20O3. The van der Waals surface area contributed by atoms with Crippen LogP contribution in [0.2, 0.25) is 0 Å². The summed E-state index contributed by atoms with van der Waals surface area (Å²) in [5.74, 6) is 1.51. The zero-order chi connectivity index (χ0) is 14.8. The SMILES string of the molecule is C[C@]12CC[C@@H]3C4=C(CC[C@H]3[C@@H]1CCC2=O)C(=O)C=CC4=O. The van der Waals surface area contributed by atoms with Gasteiger partial charge in [-0.1, -0.05) is 6.92 Å². The molecule has 0 bridgehead atoms. The van der Waals surface area contributed by atoms with Gasteiger partial charge in [-0.05, 0) is 62.0 Å². The predicted octanol–water partition coefficient (Wildman–Crippen LogP) is 2.80. The van der Waals surface area contributed by atoms with E-state index < -0.39 is 0 Å². The van der Waals surface area contributed by atoms with Gasteiger partial charge in [0.05, 0.1) is 0 Å². The molecule has 0 aromatic rings. The molecule has 21 heavy (non-hydrogen) atoms. The summed E-state index contributed by atoms with van der Waals surface area (Å²) >= 11 is 0. The zero-order valence-corrected chi connectivity index (χ0v) is 12.4. The molecule has 3 heteroatoms. The lowest BCUT2D eigenvalue weighted by atomic mass is 9.54. The van der Waals surface area contributed by atoms with Gasteiger partial charge in [-0.15, -0.1) is 0 Å². The maximum Gasteiger partial charge on any atom is 0.182 e. The van der Waals surface area contributed by atoms with Crippen molar-refractivity contribution in [2.75, 3.05) is 0 Å². The van der Waals surface area contributed by atoms with E-state index in [1.54, 1.807) is 0 Å². The molecule has 0 aliphatic heterocycles. The van der Waals surface area contributed by atoms with Crippen LogP contribution in [0.15, 0.2) is 23.3 Å². The summed E-state index contributed by atoms with van der Waals surface area (Å²) in [6.45, 7) is 2.13. The van der Waals surface area contributed by atoms with E-state index in [0.717, 1.165) is 36.8 Å². The summed E-state index contributed by atoms with van der Waals surface area (Å²) in [5, 5.41) is 0. The van der Waals surface area contributed by atoms with Crippen LogP contribution in [0.4, 0.5) is 0 Å². The van der Waals surface area contributed by atoms with Crippen molar-refractivity contribution in [2.45, 2.75) is 45.4 Å². The summed E-state index contributed by atoms with van der Waals surface area (Å²) in [7, 11) is 0. The Morgan fingerprint density at radius 1 is 1.00 bits per heavy atom. The van der Waals surface area contributed by atoms with Gasteiger partial charge in [0.15, 0.2) is 11.6 Å². The van der Waals surface area contributed by atoms with Gasteiger partial charge >= 0.3 is 0 Å². The highest BCUT2D eigenvalue weighted by molar-refractivity contribution is 6.20. The normalized spacial score (nSPS) is 42.0. The highest BCUT2D eigenvalue weighted by Gasteiger charge is 2.55. The van der Waals surface area contributed by atoms with Crippen LogP contribution in [0.5, 0.6) is 0 Å². The van der Waals surface area contributed by atoms with Crippen LogP contribution < -0.4 is 0 Å². The van der Waals surface area contributed by atoms with Gasteiger partial charge in [0, 0.05) is 23.0 Å². The number of Topliss-reactive ketones (excluding diaryl/α,β-unsaturated/α-hetero) is 1.